The molecule has 0 amide bonds. The first kappa shape index (κ1) is 25.7. The number of hydrogen-bond donors (Lipinski definition) is 3. The minimum absolute atomic E-state index is 0.0458. The summed E-state index contributed by atoms with van der Waals surface area (Å²) in [6, 6.07) is 0. The second-order valence-electron chi connectivity index (χ2n) is 8.57. The number of allylic oxidation sites excluding steroid dienone is 1. The van der Waals surface area contributed by atoms with Crippen molar-refractivity contribution in [3.05, 3.63) is 23.8 Å². The number of nitrogens with two attached hydrogens (primary N) is 1. The quantitative estimate of drug-likeness (QED) is 0.131. The molecule has 2 fully saturated rings. The van der Waals surface area contributed by atoms with Crippen molar-refractivity contribution in [2.45, 2.75) is 76.5 Å². The second-order valence-corrected chi connectivity index (χ2v) is 9.01. The van der Waals surface area contributed by atoms with E-state index in [1.807, 2.05) is 13.0 Å². The number of ether oxygens (including phenoxy) is 1. The number of unbranched alkanes of at least 4 members (excludes halogenated alkanes) is 1. The predicted molar refractivity (Wildman–Crippen MR) is 125 cm³/mol. The molecule has 6 atom stereocenters. The fourth-order valence-corrected chi connectivity index (χ4v) is 4.81. The summed E-state index contributed by atoms with van der Waals surface area (Å²) in [6.07, 6.45) is 8.11. The van der Waals surface area contributed by atoms with Gasteiger partial charge in [0.2, 0.25) is 0 Å². The van der Waals surface area contributed by atoms with Gasteiger partial charge in [0.05, 0.1) is 6.10 Å². The lowest BCUT2D eigenvalue weighted by Crippen LogP contribution is -2.46. The van der Waals surface area contributed by atoms with Crippen molar-refractivity contribution in [1.29, 1.82) is 0 Å². The third-order valence-electron chi connectivity index (χ3n) is 6.36. The predicted octanol–water partition coefficient (Wildman–Crippen LogP) is 4.13. The molecule has 7 nitrogen and oxygen atoms in total. The van der Waals surface area contributed by atoms with E-state index < -0.39 is 29.9 Å². The number of aliphatic hydroxyl groups excluding tert-OH is 1. The van der Waals surface area contributed by atoms with E-state index in [9.17, 15) is 14.7 Å². The molecule has 0 saturated heterocycles. The average molecular weight is 545 g/mol. The van der Waals surface area contributed by atoms with E-state index in [-0.39, 0.29) is 24.2 Å². The molecule has 0 aromatic rings. The van der Waals surface area contributed by atoms with E-state index in [0.29, 0.717) is 25.7 Å². The summed E-state index contributed by atoms with van der Waals surface area (Å²) in [4.78, 5) is 22.4. The van der Waals surface area contributed by atoms with Crippen LogP contribution in [0.5, 0.6) is 0 Å². The van der Waals surface area contributed by atoms with Crippen molar-refractivity contribution in [2.75, 3.05) is 0 Å². The van der Waals surface area contributed by atoms with Crippen molar-refractivity contribution >= 4 is 35.1 Å². The summed E-state index contributed by atoms with van der Waals surface area (Å²) in [6.45, 7) is 3.71. The zero-order chi connectivity index (χ0) is 23.0. The van der Waals surface area contributed by atoms with Gasteiger partial charge in [0, 0.05) is 30.2 Å². The largest absolute Gasteiger partial charge is 0.518 e. The number of carboxylic acid groups (broad SMARTS) is 1. The van der Waals surface area contributed by atoms with Crippen LogP contribution in [-0.4, -0.2) is 40.1 Å². The van der Waals surface area contributed by atoms with E-state index in [0.717, 1.165) is 12.8 Å². The lowest BCUT2D eigenvalue weighted by molar-refractivity contribution is -0.137. The molecule has 0 heterocycles. The van der Waals surface area contributed by atoms with Crippen LogP contribution in [0.15, 0.2) is 23.8 Å². The van der Waals surface area contributed by atoms with E-state index in [1.54, 1.807) is 13.0 Å². The van der Waals surface area contributed by atoms with Gasteiger partial charge in [-0.25, -0.2) is 4.79 Å². The second kappa shape index (κ2) is 11.9. The molecule has 2 aliphatic carbocycles. The Morgan fingerprint density at radius 3 is 2.84 bits per heavy atom. The van der Waals surface area contributed by atoms with Crippen LogP contribution < -0.4 is 5.73 Å². The number of rotatable bonds is 9. The molecule has 172 valence electrons. The van der Waals surface area contributed by atoms with Crippen LogP contribution in [-0.2, 0) is 12.6 Å². The van der Waals surface area contributed by atoms with Gasteiger partial charge in [-0.15, -0.1) is 11.8 Å². The van der Waals surface area contributed by atoms with E-state index in [2.05, 4.69) is 21.0 Å². The van der Waals surface area contributed by atoms with Gasteiger partial charge in [-0.05, 0) is 51.0 Å². The molecule has 2 saturated carbocycles. The van der Waals surface area contributed by atoms with Gasteiger partial charge in [-0.1, -0.05) is 24.6 Å². The highest BCUT2D eigenvalue weighted by atomic mass is 127. The molecule has 2 rings (SSSR count). The lowest BCUT2D eigenvalue weighted by atomic mass is 9.82. The van der Waals surface area contributed by atoms with Crippen LogP contribution in [0.25, 0.3) is 0 Å². The molecule has 0 radical (unpaired) electrons. The van der Waals surface area contributed by atoms with Crippen LogP contribution in [0.3, 0.4) is 0 Å². The third kappa shape index (κ3) is 6.96. The van der Waals surface area contributed by atoms with Crippen LogP contribution in [0.2, 0.25) is 0 Å². The molecule has 31 heavy (non-hydrogen) atoms. The Morgan fingerprint density at radius 1 is 1.45 bits per heavy atom. The molecule has 0 bridgehead atoms. The molecule has 0 aromatic carbocycles. The van der Waals surface area contributed by atoms with Gasteiger partial charge in [0.1, 0.15) is 6.10 Å². The molecular formula is C23H32INO6. The Balaban J connectivity index is 2.11. The van der Waals surface area contributed by atoms with Crippen molar-refractivity contribution in [2.24, 2.45) is 23.5 Å². The summed E-state index contributed by atoms with van der Waals surface area (Å²) in [7, 11) is 0. The number of carbonyl (C=O) groups excluding carboxylic acids is 1. The number of aliphatic hydroxyl groups is 1. The van der Waals surface area contributed by atoms with Gasteiger partial charge >= 0.3 is 12.1 Å². The standard InChI is InChI=1S/C23H32INO6/c1-3-4-7-15(2)20(30-22(29)31-24)11-10-18-19(26)13-17-12-16(14-23(17,18)25)8-5-6-9-21(27)28/h8,10-11,15,17-20,26H,5-7,9,12-14,25H2,1-2H3,(H,27,28)/b11-10+,16-8+/t15?,17-,18-,19+,20+,23+/m0/s1. The zero-order valence-electron chi connectivity index (χ0n) is 18.1. The first-order valence-corrected chi connectivity index (χ1v) is 11.5. The summed E-state index contributed by atoms with van der Waals surface area (Å²) >= 11 is 1.49. The summed E-state index contributed by atoms with van der Waals surface area (Å²) in [5.74, 6) is 4.93. The highest BCUT2D eigenvalue weighted by Gasteiger charge is 2.54. The van der Waals surface area contributed by atoms with Gasteiger partial charge in [0.15, 0.2) is 23.0 Å². The summed E-state index contributed by atoms with van der Waals surface area (Å²) in [5.41, 5.74) is 7.48. The van der Waals surface area contributed by atoms with Crippen molar-refractivity contribution in [1.82, 2.24) is 0 Å². The SMILES string of the molecule is CC#CCC(C)[C@@H](/C=C/[C@H]1[C@H](O)C[C@@H]2C/C(=C\CCCC(=O)O)C[C@@]21N)OC(=O)OI. The molecule has 0 spiro atoms. The Morgan fingerprint density at radius 2 is 2.19 bits per heavy atom. The van der Waals surface area contributed by atoms with Crippen molar-refractivity contribution in [3.63, 3.8) is 0 Å². The van der Waals surface area contributed by atoms with Gasteiger partial charge in [-0.3, -0.25) is 4.79 Å². The maximum Gasteiger partial charge on any atom is 0.518 e. The van der Waals surface area contributed by atoms with Crippen molar-refractivity contribution < 1.29 is 27.6 Å². The van der Waals surface area contributed by atoms with Crippen LogP contribution in [0, 0.1) is 29.6 Å². The number of halogens is 1. The van der Waals surface area contributed by atoms with Crippen LogP contribution >= 0.6 is 23.0 Å². The van der Waals surface area contributed by atoms with E-state index in [1.165, 1.54) is 28.6 Å². The fourth-order valence-electron chi connectivity index (χ4n) is 4.71. The number of carbonyl (C=O) groups is 2. The highest BCUT2D eigenvalue weighted by Crippen LogP contribution is 2.52. The third-order valence-corrected chi connectivity index (χ3v) is 6.72. The molecular weight excluding hydrogens is 513 g/mol. The first-order chi connectivity index (χ1) is 14.7. The molecule has 0 aliphatic heterocycles. The molecule has 1 unspecified atom stereocenters. The van der Waals surface area contributed by atoms with Gasteiger partial charge in [-0.2, -0.15) is 0 Å². The minimum Gasteiger partial charge on any atom is -0.481 e. The Kier molecular flexibility index (Phi) is 9.85. The van der Waals surface area contributed by atoms with E-state index >= 15 is 0 Å². The normalized spacial score (nSPS) is 30.5. The Bertz CT molecular complexity index is 770. The van der Waals surface area contributed by atoms with Crippen LogP contribution in [0.4, 0.5) is 4.79 Å². The molecule has 8 heteroatoms. The summed E-state index contributed by atoms with van der Waals surface area (Å²) in [5, 5.41) is 19.5. The number of aliphatic carboxylic acids is 1. The monoisotopic (exact) mass is 545 g/mol. The summed E-state index contributed by atoms with van der Waals surface area (Å²) < 4.78 is 10.0. The molecule has 2 aliphatic rings. The fraction of sp³-hybridized carbons (Fsp3) is 0.652. The van der Waals surface area contributed by atoms with Crippen molar-refractivity contribution in [3.8, 4) is 11.8 Å². The lowest BCUT2D eigenvalue weighted by Gasteiger charge is -2.30. The number of carboxylic acids is 1. The molecule has 0 aromatic heterocycles. The number of fused-ring (bicyclic) bond motifs is 1. The van der Waals surface area contributed by atoms with Crippen LogP contribution in [0.1, 0.15) is 58.8 Å². The topological polar surface area (TPSA) is 119 Å². The Labute approximate surface area is 198 Å². The molecule has 4 N–H and O–H groups in total. The number of hydrogen-bond acceptors (Lipinski definition) is 6. The van der Waals surface area contributed by atoms with E-state index in [4.69, 9.17) is 15.6 Å². The maximum absolute atomic E-state index is 11.7. The van der Waals surface area contributed by atoms with Gasteiger partial charge in [0.25, 0.3) is 0 Å². The first-order valence-electron chi connectivity index (χ1n) is 10.6. The maximum atomic E-state index is 11.7. The zero-order valence-corrected chi connectivity index (χ0v) is 20.2. The average Bonchev–Trinajstić information content (AvgIpc) is 3.14. The smallest absolute Gasteiger partial charge is 0.481 e. The minimum atomic E-state index is -0.785. The highest BCUT2D eigenvalue weighted by molar-refractivity contribution is 14.1. The Hall–Kier alpha value is -1.57. The van der Waals surface area contributed by atoms with Gasteiger partial charge < -0.3 is 23.7 Å².